The van der Waals surface area contributed by atoms with E-state index < -0.39 is 4.92 Å². The number of rotatable bonds is 4. The zero-order chi connectivity index (χ0) is 13.8. The Labute approximate surface area is 111 Å². The lowest BCUT2D eigenvalue weighted by Gasteiger charge is -2.27. The molecule has 0 saturated carbocycles. The van der Waals surface area contributed by atoms with E-state index >= 15 is 0 Å². The van der Waals surface area contributed by atoms with Crippen molar-refractivity contribution >= 4 is 11.4 Å². The number of benzene rings is 1. The first-order valence-corrected chi connectivity index (χ1v) is 6.27. The van der Waals surface area contributed by atoms with Crippen molar-refractivity contribution in [1.82, 2.24) is 5.32 Å². The molecule has 0 aliphatic carbocycles. The third-order valence-corrected chi connectivity index (χ3v) is 3.44. The van der Waals surface area contributed by atoms with Gasteiger partial charge in [0.1, 0.15) is 6.07 Å². The number of hydrogen-bond donors (Lipinski definition) is 1. The summed E-state index contributed by atoms with van der Waals surface area (Å²) in [6, 6.07) is 6.91. The fraction of sp³-hybridized carbons (Fsp3) is 0.462. The number of nitrogens with one attached hydrogen (secondary N) is 1. The summed E-state index contributed by atoms with van der Waals surface area (Å²) >= 11 is 0. The minimum Gasteiger partial charge on any atom is -0.366 e. The van der Waals surface area contributed by atoms with Crippen LogP contribution in [0.25, 0.3) is 0 Å². The van der Waals surface area contributed by atoms with Gasteiger partial charge in [0.15, 0.2) is 0 Å². The Morgan fingerprint density at radius 2 is 2.42 bits per heavy atom. The van der Waals surface area contributed by atoms with Crippen molar-refractivity contribution in [3.63, 3.8) is 0 Å². The number of likely N-dealkylation sites (N-methyl/N-ethyl adjacent to an activating group) is 1. The summed E-state index contributed by atoms with van der Waals surface area (Å²) in [7, 11) is 1.90. The van der Waals surface area contributed by atoms with E-state index in [1.165, 1.54) is 12.1 Å². The van der Waals surface area contributed by atoms with Crippen molar-refractivity contribution in [2.75, 3.05) is 25.0 Å². The SMILES string of the molecule is CNCC1CCCN1c1ccc([N+](=O)[O-])cc1C#N. The lowest BCUT2D eigenvalue weighted by atomic mass is 10.1. The molecule has 19 heavy (non-hydrogen) atoms. The number of nitrogens with zero attached hydrogens (tertiary/aromatic N) is 3. The fourth-order valence-corrected chi connectivity index (χ4v) is 2.58. The zero-order valence-corrected chi connectivity index (χ0v) is 10.8. The molecule has 1 N–H and O–H groups in total. The standard InChI is InChI=1S/C13H16N4O2/c1-15-9-12-3-2-6-16(12)13-5-4-11(17(18)19)7-10(13)8-14/h4-5,7,12,15H,2-3,6,9H2,1H3. The van der Waals surface area contributed by atoms with Gasteiger partial charge >= 0.3 is 0 Å². The number of hydrogen-bond acceptors (Lipinski definition) is 5. The molecule has 100 valence electrons. The van der Waals surface area contributed by atoms with Crippen LogP contribution in [0, 0.1) is 21.4 Å². The van der Waals surface area contributed by atoms with Gasteiger partial charge in [-0.05, 0) is 26.0 Å². The molecule has 2 rings (SSSR count). The molecule has 1 aliphatic rings. The van der Waals surface area contributed by atoms with Gasteiger partial charge in [-0.3, -0.25) is 10.1 Å². The lowest BCUT2D eigenvalue weighted by molar-refractivity contribution is -0.384. The molecule has 1 saturated heterocycles. The zero-order valence-electron chi connectivity index (χ0n) is 10.8. The third kappa shape index (κ3) is 2.66. The predicted molar refractivity (Wildman–Crippen MR) is 72.1 cm³/mol. The molecule has 1 aromatic carbocycles. The summed E-state index contributed by atoms with van der Waals surface area (Å²) in [5.41, 5.74) is 1.13. The lowest BCUT2D eigenvalue weighted by Crippen LogP contribution is -2.37. The Morgan fingerprint density at radius 3 is 3.05 bits per heavy atom. The smallest absolute Gasteiger partial charge is 0.270 e. The molecular weight excluding hydrogens is 244 g/mol. The van der Waals surface area contributed by atoms with Gasteiger partial charge in [-0.15, -0.1) is 0 Å². The largest absolute Gasteiger partial charge is 0.366 e. The number of nitro groups is 1. The maximum Gasteiger partial charge on any atom is 0.270 e. The van der Waals surface area contributed by atoms with E-state index in [2.05, 4.69) is 16.3 Å². The molecule has 0 bridgehead atoms. The summed E-state index contributed by atoms with van der Waals surface area (Å²) in [6.07, 6.45) is 2.15. The summed E-state index contributed by atoms with van der Waals surface area (Å²) in [6.45, 7) is 1.74. The van der Waals surface area contributed by atoms with Gasteiger partial charge in [-0.1, -0.05) is 0 Å². The second-order valence-corrected chi connectivity index (χ2v) is 4.62. The maximum absolute atomic E-state index is 10.7. The highest BCUT2D eigenvalue weighted by molar-refractivity contribution is 5.64. The van der Waals surface area contributed by atoms with Crippen molar-refractivity contribution < 1.29 is 4.92 Å². The van der Waals surface area contributed by atoms with Crippen LogP contribution >= 0.6 is 0 Å². The van der Waals surface area contributed by atoms with Gasteiger partial charge in [0.2, 0.25) is 0 Å². The van der Waals surface area contributed by atoms with Crippen LogP contribution in [0.4, 0.5) is 11.4 Å². The molecule has 0 amide bonds. The summed E-state index contributed by atoms with van der Waals surface area (Å²) < 4.78 is 0. The molecule has 0 radical (unpaired) electrons. The van der Waals surface area contributed by atoms with Gasteiger partial charge in [0.05, 0.1) is 16.2 Å². The molecule has 1 atom stereocenters. The van der Waals surface area contributed by atoms with Crippen LogP contribution in [0.5, 0.6) is 0 Å². The monoisotopic (exact) mass is 260 g/mol. The number of anilines is 1. The van der Waals surface area contributed by atoms with Gasteiger partial charge < -0.3 is 10.2 Å². The van der Waals surface area contributed by atoms with E-state index in [4.69, 9.17) is 0 Å². The van der Waals surface area contributed by atoms with E-state index in [9.17, 15) is 15.4 Å². The van der Waals surface area contributed by atoms with Crippen molar-refractivity contribution in [3.05, 3.63) is 33.9 Å². The van der Waals surface area contributed by atoms with Crippen LogP contribution in [0.3, 0.4) is 0 Å². The average molecular weight is 260 g/mol. The fourth-order valence-electron chi connectivity index (χ4n) is 2.58. The molecule has 1 unspecified atom stereocenters. The van der Waals surface area contributed by atoms with Gasteiger partial charge in [-0.2, -0.15) is 5.26 Å². The molecule has 1 aromatic rings. The van der Waals surface area contributed by atoms with Crippen LogP contribution < -0.4 is 10.2 Å². The normalized spacial score (nSPS) is 18.3. The summed E-state index contributed by atoms with van der Waals surface area (Å²) in [5, 5.41) is 23.1. The molecular formula is C13H16N4O2. The van der Waals surface area contributed by atoms with Crippen molar-refractivity contribution in [2.24, 2.45) is 0 Å². The highest BCUT2D eigenvalue weighted by Gasteiger charge is 2.26. The number of nitriles is 1. The van der Waals surface area contributed by atoms with Crippen LogP contribution in [0.15, 0.2) is 18.2 Å². The Kier molecular flexibility index (Phi) is 3.97. The van der Waals surface area contributed by atoms with Crippen LogP contribution in [0.2, 0.25) is 0 Å². The minimum absolute atomic E-state index is 0.0373. The van der Waals surface area contributed by atoms with Gasteiger partial charge in [-0.25, -0.2) is 0 Å². The molecule has 1 aliphatic heterocycles. The summed E-state index contributed by atoms with van der Waals surface area (Å²) in [5.74, 6) is 0. The quantitative estimate of drug-likeness (QED) is 0.657. The van der Waals surface area contributed by atoms with Crippen LogP contribution in [0.1, 0.15) is 18.4 Å². The highest BCUT2D eigenvalue weighted by atomic mass is 16.6. The number of nitro benzene ring substituents is 1. The molecule has 6 heteroatoms. The van der Waals surface area contributed by atoms with E-state index in [1.807, 2.05) is 7.05 Å². The first kappa shape index (κ1) is 13.3. The van der Waals surface area contributed by atoms with Crippen molar-refractivity contribution in [1.29, 1.82) is 5.26 Å². The first-order chi connectivity index (χ1) is 9.17. The molecule has 0 aromatic heterocycles. The van der Waals surface area contributed by atoms with E-state index in [0.29, 0.717) is 11.6 Å². The third-order valence-electron chi connectivity index (χ3n) is 3.44. The summed E-state index contributed by atoms with van der Waals surface area (Å²) in [4.78, 5) is 12.4. The van der Waals surface area contributed by atoms with Crippen LogP contribution in [-0.2, 0) is 0 Å². The second-order valence-electron chi connectivity index (χ2n) is 4.62. The molecule has 0 spiro atoms. The number of non-ortho nitro benzene ring substituents is 1. The van der Waals surface area contributed by atoms with Crippen molar-refractivity contribution in [3.8, 4) is 6.07 Å². The Bertz CT molecular complexity index is 524. The predicted octanol–water partition coefficient (Wildman–Crippen LogP) is 1.65. The van der Waals surface area contributed by atoms with Crippen LogP contribution in [-0.4, -0.2) is 31.1 Å². The van der Waals surface area contributed by atoms with Crippen molar-refractivity contribution in [2.45, 2.75) is 18.9 Å². The Balaban J connectivity index is 2.34. The molecule has 6 nitrogen and oxygen atoms in total. The molecule has 1 fully saturated rings. The topological polar surface area (TPSA) is 82.2 Å². The van der Waals surface area contributed by atoms with E-state index in [1.54, 1.807) is 6.07 Å². The van der Waals surface area contributed by atoms with Gasteiger partial charge in [0.25, 0.3) is 5.69 Å². The van der Waals surface area contributed by atoms with E-state index in [0.717, 1.165) is 31.6 Å². The highest BCUT2D eigenvalue weighted by Crippen LogP contribution is 2.30. The average Bonchev–Trinajstić information content (AvgIpc) is 2.86. The first-order valence-electron chi connectivity index (χ1n) is 6.27. The van der Waals surface area contributed by atoms with Gasteiger partial charge in [0, 0.05) is 31.3 Å². The minimum atomic E-state index is -0.473. The second kappa shape index (κ2) is 5.67. The Hall–Kier alpha value is -2.13. The van der Waals surface area contributed by atoms with E-state index in [-0.39, 0.29) is 5.69 Å². The Morgan fingerprint density at radius 1 is 1.63 bits per heavy atom. The maximum atomic E-state index is 10.7. The molecule has 1 heterocycles.